The molecule has 0 spiro atoms. The lowest BCUT2D eigenvalue weighted by Gasteiger charge is -2.25. The van der Waals surface area contributed by atoms with Gasteiger partial charge in [-0.1, -0.05) is 35.9 Å². The number of aliphatic hydroxyl groups excluding tert-OH is 1. The fourth-order valence-electron chi connectivity index (χ4n) is 3.58. The average Bonchev–Trinajstić information content (AvgIpc) is 3.22. The molecular formula is C23H18ClNO3S. The number of amides is 1. The maximum Gasteiger partial charge on any atom is 0.300 e. The standard InChI is InChI=1S/C23H18ClNO3S/c1-13-5-3-8-17(11-13)25-19(22-14(2)9-10-29-22)18(21(27)23(25)28)20(26)15-6-4-7-16(24)12-15/h3-12,19,26H,1-2H3/b20-18-. The lowest BCUT2D eigenvalue weighted by atomic mass is 9.98. The summed E-state index contributed by atoms with van der Waals surface area (Å²) < 4.78 is 0. The Morgan fingerprint density at radius 3 is 2.48 bits per heavy atom. The van der Waals surface area contributed by atoms with E-state index in [1.54, 1.807) is 30.3 Å². The number of hydrogen-bond donors (Lipinski definition) is 1. The lowest BCUT2D eigenvalue weighted by molar-refractivity contribution is -0.132. The smallest absolute Gasteiger partial charge is 0.300 e. The maximum absolute atomic E-state index is 13.1. The van der Waals surface area contributed by atoms with Crippen LogP contribution in [0.25, 0.3) is 5.76 Å². The summed E-state index contributed by atoms with van der Waals surface area (Å²) in [4.78, 5) is 28.4. The zero-order valence-corrected chi connectivity index (χ0v) is 17.4. The van der Waals surface area contributed by atoms with Crippen LogP contribution in [-0.2, 0) is 9.59 Å². The van der Waals surface area contributed by atoms with E-state index in [9.17, 15) is 14.7 Å². The van der Waals surface area contributed by atoms with Gasteiger partial charge in [0.25, 0.3) is 11.7 Å². The van der Waals surface area contributed by atoms with Crippen molar-refractivity contribution in [1.29, 1.82) is 0 Å². The first-order valence-electron chi connectivity index (χ1n) is 9.06. The Labute approximate surface area is 177 Å². The molecule has 1 aromatic heterocycles. The van der Waals surface area contributed by atoms with Crippen LogP contribution in [0.4, 0.5) is 5.69 Å². The number of anilines is 1. The summed E-state index contributed by atoms with van der Waals surface area (Å²) in [5, 5.41) is 13.4. The fourth-order valence-corrected chi connectivity index (χ4v) is 4.80. The van der Waals surface area contributed by atoms with Gasteiger partial charge in [-0.3, -0.25) is 14.5 Å². The summed E-state index contributed by atoms with van der Waals surface area (Å²) >= 11 is 7.53. The highest BCUT2D eigenvalue weighted by Gasteiger charge is 2.47. The molecule has 2 heterocycles. The molecule has 0 radical (unpaired) electrons. The first-order chi connectivity index (χ1) is 13.9. The summed E-state index contributed by atoms with van der Waals surface area (Å²) in [5.41, 5.74) is 3.02. The third kappa shape index (κ3) is 3.37. The van der Waals surface area contributed by atoms with Gasteiger partial charge in [-0.2, -0.15) is 0 Å². The van der Waals surface area contributed by atoms with Gasteiger partial charge in [0.05, 0.1) is 5.57 Å². The van der Waals surface area contributed by atoms with Gasteiger partial charge >= 0.3 is 0 Å². The van der Waals surface area contributed by atoms with Gasteiger partial charge in [0.15, 0.2) is 0 Å². The van der Waals surface area contributed by atoms with Gasteiger partial charge in [-0.05, 0) is 60.7 Å². The van der Waals surface area contributed by atoms with Gasteiger partial charge in [-0.15, -0.1) is 11.3 Å². The molecule has 1 amide bonds. The number of rotatable bonds is 3. The Morgan fingerprint density at radius 2 is 1.83 bits per heavy atom. The van der Waals surface area contributed by atoms with Gasteiger partial charge in [0.1, 0.15) is 11.8 Å². The molecule has 4 rings (SSSR count). The molecule has 1 unspecified atom stereocenters. The Balaban J connectivity index is 1.97. The summed E-state index contributed by atoms with van der Waals surface area (Å²) in [6.45, 7) is 3.86. The molecule has 1 atom stereocenters. The summed E-state index contributed by atoms with van der Waals surface area (Å²) in [5.74, 6) is -1.59. The van der Waals surface area contributed by atoms with E-state index in [0.717, 1.165) is 16.0 Å². The van der Waals surface area contributed by atoms with Gasteiger partial charge < -0.3 is 5.11 Å². The Morgan fingerprint density at radius 1 is 1.07 bits per heavy atom. The number of nitrogens with zero attached hydrogens (tertiary/aromatic N) is 1. The number of ketones is 1. The number of thiophene rings is 1. The van der Waals surface area contributed by atoms with Crippen LogP contribution in [0.2, 0.25) is 5.02 Å². The highest BCUT2D eigenvalue weighted by atomic mass is 35.5. The zero-order chi connectivity index (χ0) is 20.7. The van der Waals surface area contributed by atoms with E-state index in [-0.39, 0.29) is 11.3 Å². The summed E-state index contributed by atoms with van der Waals surface area (Å²) in [6, 6.07) is 15.3. The van der Waals surface area contributed by atoms with E-state index in [2.05, 4.69) is 0 Å². The van der Waals surface area contributed by atoms with Crippen LogP contribution in [0.5, 0.6) is 0 Å². The zero-order valence-electron chi connectivity index (χ0n) is 15.8. The summed E-state index contributed by atoms with van der Waals surface area (Å²) in [7, 11) is 0. The number of carbonyl (C=O) groups is 2. The molecule has 4 nitrogen and oxygen atoms in total. The molecule has 1 fully saturated rings. The lowest BCUT2D eigenvalue weighted by Crippen LogP contribution is -2.29. The van der Waals surface area contributed by atoms with Gasteiger partial charge in [0, 0.05) is 21.2 Å². The van der Waals surface area contributed by atoms with Crippen molar-refractivity contribution in [3.63, 3.8) is 0 Å². The number of aliphatic hydroxyl groups is 1. The van der Waals surface area contributed by atoms with E-state index in [0.29, 0.717) is 16.3 Å². The highest BCUT2D eigenvalue weighted by molar-refractivity contribution is 7.10. The van der Waals surface area contributed by atoms with Crippen LogP contribution in [-0.4, -0.2) is 16.8 Å². The first-order valence-corrected chi connectivity index (χ1v) is 10.3. The van der Waals surface area contributed by atoms with Crippen molar-refractivity contribution in [2.45, 2.75) is 19.9 Å². The van der Waals surface area contributed by atoms with Crippen molar-refractivity contribution in [3.05, 3.63) is 92.1 Å². The second-order valence-electron chi connectivity index (χ2n) is 6.99. The quantitative estimate of drug-likeness (QED) is 0.336. The van der Waals surface area contributed by atoms with Crippen molar-refractivity contribution >= 4 is 46.1 Å². The van der Waals surface area contributed by atoms with Crippen molar-refractivity contribution in [3.8, 4) is 0 Å². The van der Waals surface area contributed by atoms with Gasteiger partial charge in [0.2, 0.25) is 0 Å². The SMILES string of the molecule is Cc1cccc(N2C(=O)C(=O)/C(=C(\O)c3cccc(Cl)c3)C2c2sccc2C)c1. The number of halogens is 1. The van der Waals surface area contributed by atoms with Crippen LogP contribution < -0.4 is 4.90 Å². The molecule has 6 heteroatoms. The number of benzene rings is 2. The highest BCUT2D eigenvalue weighted by Crippen LogP contribution is 2.45. The van der Waals surface area contributed by atoms with Crippen LogP contribution in [0.1, 0.15) is 27.6 Å². The number of aryl methyl sites for hydroxylation is 2. The number of hydrogen-bond acceptors (Lipinski definition) is 4. The molecular weight excluding hydrogens is 406 g/mol. The molecule has 2 aromatic carbocycles. The predicted octanol–water partition coefficient (Wildman–Crippen LogP) is 5.64. The normalized spacial score (nSPS) is 18.4. The largest absolute Gasteiger partial charge is 0.507 e. The minimum absolute atomic E-state index is 0.0734. The van der Waals surface area contributed by atoms with E-state index in [4.69, 9.17) is 11.6 Å². The van der Waals surface area contributed by atoms with Crippen molar-refractivity contribution in [2.24, 2.45) is 0 Å². The fraction of sp³-hybridized carbons (Fsp3) is 0.130. The van der Waals surface area contributed by atoms with E-state index in [1.807, 2.05) is 43.5 Å². The van der Waals surface area contributed by atoms with E-state index >= 15 is 0 Å². The van der Waals surface area contributed by atoms with Gasteiger partial charge in [-0.25, -0.2) is 0 Å². The maximum atomic E-state index is 13.1. The third-order valence-electron chi connectivity index (χ3n) is 4.97. The minimum atomic E-state index is -0.707. The molecule has 146 valence electrons. The van der Waals surface area contributed by atoms with Crippen LogP contribution in [0, 0.1) is 13.8 Å². The van der Waals surface area contributed by atoms with E-state index in [1.165, 1.54) is 16.2 Å². The third-order valence-corrected chi connectivity index (χ3v) is 6.28. The van der Waals surface area contributed by atoms with Crippen LogP contribution in [0.3, 0.4) is 0 Å². The monoisotopic (exact) mass is 423 g/mol. The van der Waals surface area contributed by atoms with Crippen molar-refractivity contribution in [1.82, 2.24) is 0 Å². The minimum Gasteiger partial charge on any atom is -0.507 e. The topological polar surface area (TPSA) is 57.6 Å². The second-order valence-corrected chi connectivity index (χ2v) is 8.37. The van der Waals surface area contributed by atoms with E-state index < -0.39 is 17.7 Å². The Kier molecular flexibility index (Phi) is 5.03. The second kappa shape index (κ2) is 7.50. The van der Waals surface area contributed by atoms with Crippen molar-refractivity contribution < 1.29 is 14.7 Å². The summed E-state index contributed by atoms with van der Waals surface area (Å²) in [6.07, 6.45) is 0. The number of carbonyl (C=O) groups excluding carboxylic acids is 2. The average molecular weight is 424 g/mol. The molecule has 0 aliphatic carbocycles. The molecule has 3 aromatic rings. The molecule has 1 aliphatic heterocycles. The molecule has 0 bridgehead atoms. The molecule has 1 aliphatic rings. The molecule has 1 N–H and O–H groups in total. The van der Waals surface area contributed by atoms with Crippen molar-refractivity contribution in [2.75, 3.05) is 4.90 Å². The molecule has 1 saturated heterocycles. The van der Waals surface area contributed by atoms with Crippen LogP contribution in [0.15, 0.2) is 65.6 Å². The Hall–Kier alpha value is -2.89. The molecule has 0 saturated carbocycles. The first kappa shape index (κ1) is 19.4. The number of Topliss-reactive ketones (excluding diaryl/α,β-unsaturated/α-hetero) is 1. The van der Waals surface area contributed by atoms with Crippen LogP contribution >= 0.6 is 22.9 Å². The Bertz CT molecular complexity index is 1160. The predicted molar refractivity (Wildman–Crippen MR) is 116 cm³/mol. The molecule has 29 heavy (non-hydrogen) atoms.